The molecule has 4 N–H and O–H groups in total. The van der Waals surface area contributed by atoms with Gasteiger partial charge >= 0.3 is 6.18 Å². The molecule has 1 spiro atoms. The average molecular weight is 667 g/mol. The van der Waals surface area contributed by atoms with E-state index in [1.165, 1.54) is 25.3 Å². The molecule has 47 heavy (non-hydrogen) atoms. The molecular formula is C34H35F3N5O4S+. The summed E-state index contributed by atoms with van der Waals surface area (Å²) >= 11 is 0. The van der Waals surface area contributed by atoms with Crippen molar-refractivity contribution in [3.05, 3.63) is 78.0 Å². The first-order chi connectivity index (χ1) is 22.4. The molecule has 9 nitrogen and oxygen atoms in total. The van der Waals surface area contributed by atoms with E-state index in [9.17, 15) is 21.6 Å². The molecule has 3 aromatic carbocycles. The Morgan fingerprint density at radius 2 is 1.81 bits per heavy atom. The Bertz CT molecular complexity index is 1980. The summed E-state index contributed by atoms with van der Waals surface area (Å²) in [5.41, 5.74) is 3.98. The Balaban J connectivity index is 1.19. The molecule has 0 saturated carbocycles. The predicted octanol–water partition coefficient (Wildman–Crippen LogP) is 5.31. The summed E-state index contributed by atoms with van der Waals surface area (Å²) in [6.45, 7) is 2.61. The van der Waals surface area contributed by atoms with Crippen LogP contribution in [-0.2, 0) is 21.3 Å². The Labute approximate surface area is 271 Å². The molecule has 1 aromatic heterocycles. The maximum atomic E-state index is 13.7. The van der Waals surface area contributed by atoms with Gasteiger partial charge in [-0.15, -0.1) is 0 Å². The lowest BCUT2D eigenvalue weighted by atomic mass is 9.74. The highest BCUT2D eigenvalue weighted by Crippen LogP contribution is 2.37. The second kappa shape index (κ2) is 12.9. The topological polar surface area (TPSA) is 111 Å². The van der Waals surface area contributed by atoms with E-state index in [1.807, 2.05) is 30.3 Å². The maximum absolute atomic E-state index is 13.7. The summed E-state index contributed by atoms with van der Waals surface area (Å²) in [6.07, 6.45) is -0.0842. The van der Waals surface area contributed by atoms with E-state index in [2.05, 4.69) is 33.3 Å². The zero-order valence-electron chi connectivity index (χ0n) is 25.7. The molecule has 4 aromatic rings. The van der Waals surface area contributed by atoms with Crippen LogP contribution in [0.1, 0.15) is 24.1 Å². The number of nitrogens with one attached hydrogen (secondary N) is 2. The van der Waals surface area contributed by atoms with E-state index < -0.39 is 22.7 Å². The summed E-state index contributed by atoms with van der Waals surface area (Å²) in [4.78, 5) is -0.114. The number of alkyl halides is 3. The molecule has 246 valence electrons. The summed E-state index contributed by atoms with van der Waals surface area (Å²) in [6, 6.07) is 18.9. The number of benzene rings is 3. The van der Waals surface area contributed by atoms with Crippen LogP contribution in [-0.4, -0.2) is 69.9 Å². The van der Waals surface area contributed by atoms with Crippen molar-refractivity contribution in [2.75, 3.05) is 50.6 Å². The van der Waals surface area contributed by atoms with Crippen LogP contribution in [0.5, 0.6) is 5.75 Å². The van der Waals surface area contributed by atoms with E-state index >= 15 is 0 Å². The minimum Gasteiger partial charge on any atom is -0.495 e. The van der Waals surface area contributed by atoms with Gasteiger partial charge in [-0.2, -0.15) is 13.2 Å². The van der Waals surface area contributed by atoms with Crippen molar-refractivity contribution in [1.82, 2.24) is 4.57 Å². The Kier molecular flexibility index (Phi) is 8.93. The van der Waals surface area contributed by atoms with Gasteiger partial charge in [0.2, 0.25) is 10.0 Å². The third kappa shape index (κ3) is 7.56. The van der Waals surface area contributed by atoms with Crippen LogP contribution in [0.25, 0.3) is 10.9 Å². The lowest BCUT2D eigenvalue weighted by Gasteiger charge is -2.40. The van der Waals surface area contributed by atoms with E-state index in [0.717, 1.165) is 55.0 Å². The smallest absolute Gasteiger partial charge is 0.406 e. The van der Waals surface area contributed by atoms with Gasteiger partial charge < -0.3 is 24.7 Å². The highest BCUT2D eigenvalue weighted by atomic mass is 32.2. The molecule has 2 aliphatic rings. The number of sulfonamides is 1. The van der Waals surface area contributed by atoms with Crippen molar-refractivity contribution in [3.8, 4) is 17.6 Å². The number of nitrogens with two attached hydrogens (primary N) is 1. The van der Waals surface area contributed by atoms with Gasteiger partial charge in [-0.1, -0.05) is 12.0 Å². The fourth-order valence-electron chi connectivity index (χ4n) is 6.16. The largest absolute Gasteiger partial charge is 0.495 e. The van der Waals surface area contributed by atoms with Crippen LogP contribution >= 0.6 is 0 Å². The van der Waals surface area contributed by atoms with Gasteiger partial charge in [0.15, 0.2) is 19.3 Å². The van der Waals surface area contributed by atoms with Crippen molar-refractivity contribution in [2.45, 2.75) is 30.5 Å². The Morgan fingerprint density at radius 1 is 1.06 bits per heavy atom. The zero-order chi connectivity index (χ0) is 33.2. The van der Waals surface area contributed by atoms with Gasteiger partial charge in [0.05, 0.1) is 40.9 Å². The summed E-state index contributed by atoms with van der Waals surface area (Å²) < 4.78 is 78.6. The van der Waals surface area contributed by atoms with Crippen molar-refractivity contribution >= 4 is 44.2 Å². The average Bonchev–Trinajstić information content (AvgIpc) is 3.36. The monoisotopic (exact) mass is 666 g/mol. The van der Waals surface area contributed by atoms with Crippen molar-refractivity contribution < 1.29 is 35.6 Å². The summed E-state index contributed by atoms with van der Waals surface area (Å²) in [5, 5.41) is 12.2. The highest BCUT2D eigenvalue weighted by molar-refractivity contribution is 7.89. The SMILES string of the molecule is COc1cc(S(N)(=O)=O)ccc1NCC#Cc1cc2c(Nc3ccc(C=[N+]4CC5(CCOCC5)C4)cc3)cccc2n1CC(F)(F)F. The summed E-state index contributed by atoms with van der Waals surface area (Å²) in [5.74, 6) is 5.97. The predicted molar refractivity (Wildman–Crippen MR) is 175 cm³/mol. The third-order valence-corrected chi connectivity index (χ3v) is 9.43. The Hall–Kier alpha value is -4.51. The van der Waals surface area contributed by atoms with Gasteiger partial charge in [0.25, 0.3) is 0 Å². The number of aromatic nitrogens is 1. The lowest BCUT2D eigenvalue weighted by molar-refractivity contribution is -0.627. The number of nitrogens with zero attached hydrogens (tertiary/aromatic N) is 2. The number of rotatable bonds is 8. The Morgan fingerprint density at radius 3 is 2.49 bits per heavy atom. The van der Waals surface area contributed by atoms with E-state index in [1.54, 1.807) is 18.2 Å². The molecule has 2 fully saturated rings. The maximum Gasteiger partial charge on any atom is 0.406 e. The van der Waals surface area contributed by atoms with Crippen molar-refractivity contribution in [3.63, 3.8) is 0 Å². The lowest BCUT2D eigenvalue weighted by Crippen LogP contribution is -2.54. The minimum absolute atomic E-state index is 0.0555. The van der Waals surface area contributed by atoms with E-state index in [4.69, 9.17) is 14.6 Å². The zero-order valence-corrected chi connectivity index (χ0v) is 26.5. The molecule has 0 atom stereocenters. The molecule has 13 heteroatoms. The number of fused-ring (bicyclic) bond motifs is 1. The standard InChI is InChI=1S/C34H34F3N5O4S/c1-45-32-19-27(47(38,43)44)11-12-30(32)39-15-3-4-26-18-28-29(5-2-6-31(28)42(26)23-34(35,36)37)40-25-9-7-24(8-10-25)20-41-21-33(22-41)13-16-46-17-14-33/h2,5-12,18-20,39H,13-17,21-23H2,1H3,(H2,38,43,44)/p+1. The first kappa shape index (κ1) is 32.4. The number of methoxy groups -OCH3 is 1. The van der Waals surface area contributed by atoms with Gasteiger partial charge in [-0.05, 0) is 73.4 Å². The minimum atomic E-state index is -4.46. The molecule has 0 unspecified atom stereocenters. The van der Waals surface area contributed by atoms with Crippen LogP contribution < -0.4 is 20.5 Å². The third-order valence-electron chi connectivity index (χ3n) is 8.52. The van der Waals surface area contributed by atoms with Crippen LogP contribution in [0.3, 0.4) is 0 Å². The molecule has 0 bridgehead atoms. The number of hydrogen-bond acceptors (Lipinski definition) is 6. The van der Waals surface area contributed by atoms with E-state index in [-0.39, 0.29) is 22.9 Å². The normalized spacial score (nSPS) is 15.9. The second-order valence-corrected chi connectivity index (χ2v) is 13.5. The number of ether oxygens (including phenoxy) is 2. The number of hydrogen-bond donors (Lipinski definition) is 3. The van der Waals surface area contributed by atoms with Crippen molar-refractivity contribution in [2.24, 2.45) is 10.6 Å². The molecular weight excluding hydrogens is 631 g/mol. The fraction of sp³-hybridized carbons (Fsp3) is 0.324. The van der Waals surface area contributed by atoms with Crippen LogP contribution in [0, 0.1) is 17.3 Å². The molecule has 3 heterocycles. The van der Waals surface area contributed by atoms with Gasteiger partial charge in [0, 0.05) is 41.6 Å². The van der Waals surface area contributed by atoms with Gasteiger partial charge in [-0.3, -0.25) is 0 Å². The molecule has 2 saturated heterocycles. The fourth-order valence-corrected chi connectivity index (χ4v) is 6.69. The highest BCUT2D eigenvalue weighted by Gasteiger charge is 2.48. The first-order valence-electron chi connectivity index (χ1n) is 15.1. The van der Waals surface area contributed by atoms with Crippen LogP contribution in [0.15, 0.2) is 71.6 Å². The molecule has 2 aliphatic heterocycles. The van der Waals surface area contributed by atoms with Crippen LogP contribution in [0.2, 0.25) is 0 Å². The quantitative estimate of drug-likeness (QED) is 0.174. The first-order valence-corrected chi connectivity index (χ1v) is 16.6. The summed E-state index contributed by atoms with van der Waals surface area (Å²) in [7, 11) is -2.54. The van der Waals surface area contributed by atoms with Gasteiger partial charge in [-0.25, -0.2) is 18.1 Å². The molecule has 0 aliphatic carbocycles. The van der Waals surface area contributed by atoms with E-state index in [0.29, 0.717) is 27.7 Å². The second-order valence-electron chi connectivity index (χ2n) is 11.9. The molecule has 6 rings (SSSR count). The van der Waals surface area contributed by atoms with Crippen molar-refractivity contribution in [1.29, 1.82) is 0 Å². The van der Waals surface area contributed by atoms with Gasteiger partial charge in [0.1, 0.15) is 12.3 Å². The number of primary sulfonamides is 1. The van der Waals surface area contributed by atoms with Crippen LogP contribution in [0.4, 0.5) is 30.2 Å². The molecule has 0 amide bonds. The number of anilines is 3. The number of halogens is 3. The molecule has 0 radical (unpaired) electrons.